The molecule has 5 heteroatoms. The summed E-state index contributed by atoms with van der Waals surface area (Å²) < 4.78 is 0. The first-order chi connectivity index (χ1) is 8.24. The third-order valence-corrected chi connectivity index (χ3v) is 3.89. The molecule has 1 unspecified atom stereocenters. The van der Waals surface area contributed by atoms with Crippen molar-refractivity contribution in [3.8, 4) is 0 Å². The molecule has 0 aliphatic carbocycles. The van der Waals surface area contributed by atoms with Gasteiger partial charge in [-0.15, -0.1) is 11.3 Å². The fraction of sp³-hybridized carbons (Fsp3) is 0.500. The molecule has 4 nitrogen and oxygen atoms in total. The Bertz CT molecular complexity index is 439. The van der Waals surface area contributed by atoms with Gasteiger partial charge in [-0.2, -0.15) is 0 Å². The zero-order chi connectivity index (χ0) is 12.3. The van der Waals surface area contributed by atoms with Crippen LogP contribution in [-0.2, 0) is 11.2 Å². The van der Waals surface area contributed by atoms with Gasteiger partial charge >= 0.3 is 0 Å². The summed E-state index contributed by atoms with van der Waals surface area (Å²) in [5.41, 5.74) is 0. The summed E-state index contributed by atoms with van der Waals surface area (Å²) in [6, 6.07) is 3.83. The van der Waals surface area contributed by atoms with Gasteiger partial charge in [0.15, 0.2) is 5.96 Å². The van der Waals surface area contributed by atoms with E-state index in [-0.39, 0.29) is 11.9 Å². The fourth-order valence-corrected chi connectivity index (χ4v) is 2.68. The molecule has 92 valence electrons. The van der Waals surface area contributed by atoms with E-state index in [9.17, 15) is 4.79 Å². The molecule has 2 N–H and O–H groups in total. The maximum absolute atomic E-state index is 11.8. The van der Waals surface area contributed by atoms with Crippen molar-refractivity contribution in [2.45, 2.75) is 32.7 Å². The second kappa shape index (κ2) is 5.31. The number of carbonyl (C=O) groups is 1. The number of rotatable bonds is 4. The fourth-order valence-electron chi connectivity index (χ4n) is 1.68. The first-order valence-corrected chi connectivity index (χ1v) is 6.76. The highest BCUT2D eigenvalue weighted by Crippen LogP contribution is 2.25. The minimum atomic E-state index is -0.268. The Morgan fingerprint density at radius 2 is 2.24 bits per heavy atom. The number of aliphatic imine (C=N–C) groups is 1. The van der Waals surface area contributed by atoms with Gasteiger partial charge in [0.2, 0.25) is 0 Å². The SMILES string of the molecule is CCCN=C1NC(=O)C(c2ccc(CC)s2)N1. The smallest absolute Gasteiger partial charge is 0.254 e. The molecule has 2 heterocycles. The summed E-state index contributed by atoms with van der Waals surface area (Å²) in [5, 5.41) is 5.90. The number of hydrogen-bond acceptors (Lipinski definition) is 3. The number of hydrogen-bond donors (Lipinski definition) is 2. The minimum absolute atomic E-state index is 0.00986. The zero-order valence-corrected chi connectivity index (χ0v) is 10.9. The summed E-state index contributed by atoms with van der Waals surface area (Å²) in [7, 11) is 0. The summed E-state index contributed by atoms with van der Waals surface area (Å²) in [6.45, 7) is 4.91. The quantitative estimate of drug-likeness (QED) is 0.858. The summed E-state index contributed by atoms with van der Waals surface area (Å²) >= 11 is 1.68. The van der Waals surface area contributed by atoms with Gasteiger partial charge in [-0.05, 0) is 25.0 Å². The monoisotopic (exact) mass is 251 g/mol. The van der Waals surface area contributed by atoms with Gasteiger partial charge in [0, 0.05) is 16.3 Å². The Morgan fingerprint density at radius 1 is 1.41 bits per heavy atom. The van der Waals surface area contributed by atoms with Crippen LogP contribution in [0.25, 0.3) is 0 Å². The van der Waals surface area contributed by atoms with Gasteiger partial charge < -0.3 is 5.32 Å². The largest absolute Gasteiger partial charge is 0.340 e. The van der Waals surface area contributed by atoms with Crippen molar-refractivity contribution in [2.24, 2.45) is 4.99 Å². The van der Waals surface area contributed by atoms with Crippen molar-refractivity contribution in [1.29, 1.82) is 0 Å². The molecule has 1 aromatic heterocycles. The van der Waals surface area contributed by atoms with Crippen LogP contribution in [0.4, 0.5) is 0 Å². The van der Waals surface area contributed by atoms with Crippen molar-refractivity contribution in [3.63, 3.8) is 0 Å². The van der Waals surface area contributed by atoms with E-state index in [1.807, 2.05) is 6.07 Å². The molecule has 0 bridgehead atoms. The lowest BCUT2D eigenvalue weighted by atomic mass is 10.2. The van der Waals surface area contributed by atoms with E-state index >= 15 is 0 Å². The molecule has 0 radical (unpaired) electrons. The van der Waals surface area contributed by atoms with Gasteiger partial charge in [0.25, 0.3) is 5.91 Å². The van der Waals surface area contributed by atoms with Crippen LogP contribution in [0, 0.1) is 0 Å². The van der Waals surface area contributed by atoms with E-state index in [2.05, 4.69) is 35.5 Å². The van der Waals surface area contributed by atoms with E-state index in [0.717, 1.165) is 24.3 Å². The molecule has 0 saturated carbocycles. The average molecular weight is 251 g/mol. The lowest BCUT2D eigenvalue weighted by molar-refractivity contribution is -0.120. The van der Waals surface area contributed by atoms with Crippen LogP contribution < -0.4 is 10.6 Å². The Kier molecular flexibility index (Phi) is 3.78. The Labute approximate surface area is 105 Å². The number of nitrogens with zero attached hydrogens (tertiary/aromatic N) is 1. The van der Waals surface area contributed by atoms with E-state index in [1.165, 1.54) is 4.88 Å². The highest BCUT2D eigenvalue weighted by atomic mass is 32.1. The molecule has 1 aliphatic rings. The number of guanidine groups is 1. The molecule has 17 heavy (non-hydrogen) atoms. The molecule has 0 aromatic carbocycles. The summed E-state index contributed by atoms with van der Waals surface area (Å²) in [5.74, 6) is 0.595. The minimum Gasteiger partial charge on any atom is -0.340 e. The Hall–Kier alpha value is -1.36. The number of nitrogens with one attached hydrogen (secondary N) is 2. The van der Waals surface area contributed by atoms with Crippen molar-refractivity contribution < 1.29 is 4.79 Å². The van der Waals surface area contributed by atoms with E-state index in [1.54, 1.807) is 11.3 Å². The highest BCUT2D eigenvalue weighted by molar-refractivity contribution is 7.12. The van der Waals surface area contributed by atoms with Crippen LogP contribution in [-0.4, -0.2) is 18.4 Å². The first-order valence-electron chi connectivity index (χ1n) is 5.95. The average Bonchev–Trinajstić information content (AvgIpc) is 2.92. The van der Waals surface area contributed by atoms with E-state index < -0.39 is 0 Å². The van der Waals surface area contributed by atoms with Crippen molar-refractivity contribution in [3.05, 3.63) is 21.9 Å². The van der Waals surface area contributed by atoms with Gasteiger partial charge in [-0.25, -0.2) is 0 Å². The molecule has 1 aliphatic heterocycles. The molecule has 0 spiro atoms. The van der Waals surface area contributed by atoms with Crippen LogP contribution >= 0.6 is 11.3 Å². The number of amides is 1. The lowest BCUT2D eigenvalue weighted by Crippen LogP contribution is -2.25. The summed E-state index contributed by atoms with van der Waals surface area (Å²) in [4.78, 5) is 18.4. The number of carbonyl (C=O) groups excluding carboxylic acids is 1. The zero-order valence-electron chi connectivity index (χ0n) is 10.1. The normalized spacial score (nSPS) is 21.6. The van der Waals surface area contributed by atoms with Gasteiger partial charge in [-0.3, -0.25) is 15.1 Å². The van der Waals surface area contributed by atoms with E-state index in [0.29, 0.717) is 5.96 Å². The molecule has 1 aromatic rings. The highest BCUT2D eigenvalue weighted by Gasteiger charge is 2.30. The third kappa shape index (κ3) is 2.66. The van der Waals surface area contributed by atoms with Gasteiger partial charge in [0.05, 0.1) is 0 Å². The number of aryl methyl sites for hydroxylation is 1. The van der Waals surface area contributed by atoms with Crippen molar-refractivity contribution in [2.75, 3.05) is 6.54 Å². The topological polar surface area (TPSA) is 53.5 Å². The van der Waals surface area contributed by atoms with Crippen LogP contribution in [0.15, 0.2) is 17.1 Å². The van der Waals surface area contributed by atoms with E-state index in [4.69, 9.17) is 0 Å². The maximum Gasteiger partial charge on any atom is 0.254 e. The van der Waals surface area contributed by atoms with Crippen molar-refractivity contribution in [1.82, 2.24) is 10.6 Å². The molecule has 1 atom stereocenters. The molecule has 1 saturated heterocycles. The van der Waals surface area contributed by atoms with Crippen LogP contribution in [0.3, 0.4) is 0 Å². The molecule has 2 rings (SSSR count). The van der Waals surface area contributed by atoms with Crippen LogP contribution in [0.2, 0.25) is 0 Å². The Balaban J connectivity index is 2.10. The number of thiophene rings is 1. The van der Waals surface area contributed by atoms with Crippen molar-refractivity contribution >= 4 is 23.2 Å². The molecule has 1 amide bonds. The van der Waals surface area contributed by atoms with Gasteiger partial charge in [0.1, 0.15) is 6.04 Å². The molecule has 1 fully saturated rings. The predicted molar refractivity (Wildman–Crippen MR) is 70.3 cm³/mol. The second-order valence-corrected chi connectivity index (χ2v) is 5.15. The van der Waals surface area contributed by atoms with Crippen LogP contribution in [0.5, 0.6) is 0 Å². The predicted octanol–water partition coefficient (Wildman–Crippen LogP) is 1.84. The van der Waals surface area contributed by atoms with Gasteiger partial charge in [-0.1, -0.05) is 13.8 Å². The standard InChI is InChI=1S/C12H17N3OS/c1-3-7-13-12-14-10(11(16)15-12)9-6-5-8(4-2)17-9/h5-6,10H,3-4,7H2,1-2H3,(H2,13,14,15,16). The Morgan fingerprint density at radius 3 is 2.88 bits per heavy atom. The second-order valence-electron chi connectivity index (χ2n) is 3.95. The van der Waals surface area contributed by atoms with Crippen LogP contribution in [0.1, 0.15) is 36.1 Å². The summed E-state index contributed by atoms with van der Waals surface area (Å²) in [6.07, 6.45) is 1.99. The first kappa shape index (κ1) is 12.1. The molecular formula is C12H17N3OS. The third-order valence-electron chi connectivity index (χ3n) is 2.59. The molecular weight excluding hydrogens is 234 g/mol. The maximum atomic E-state index is 11.8. The lowest BCUT2D eigenvalue weighted by Gasteiger charge is -2.03.